The molecule has 0 amide bonds. The largest absolute Gasteiger partial charge is 0.395 e. The summed E-state index contributed by atoms with van der Waals surface area (Å²) in [5.74, 6) is 0.217. The maximum absolute atomic E-state index is 11.8. The number of sulfone groups is 2. The van der Waals surface area contributed by atoms with Crippen molar-refractivity contribution in [3.8, 4) is 6.07 Å². The molecule has 0 aliphatic carbocycles. The van der Waals surface area contributed by atoms with Crippen LogP contribution in [0.4, 0.5) is 11.6 Å². The first-order valence-corrected chi connectivity index (χ1v) is 12.2. The predicted molar refractivity (Wildman–Crippen MR) is 105 cm³/mol. The zero-order valence-corrected chi connectivity index (χ0v) is 17.2. The maximum atomic E-state index is 11.8. The number of aromatic nitrogens is 1. The fourth-order valence-corrected chi connectivity index (χ4v) is 4.48. The van der Waals surface area contributed by atoms with Crippen molar-refractivity contribution in [2.45, 2.75) is 20.3 Å². The Bertz CT molecular complexity index is 877. The Morgan fingerprint density at radius 3 is 2.22 bits per heavy atom. The number of nitriles is 1. The van der Waals surface area contributed by atoms with E-state index in [-0.39, 0.29) is 41.9 Å². The Morgan fingerprint density at radius 1 is 1.07 bits per heavy atom. The standard InChI is InChI=1S/C16H26N4O5S2/c1-3-7-26(22,23)9-5-19-16-14(12-17)13(2)11-15(20-16)18-4-8-27(24,25)10-6-21/h11,21H,3-10H2,1-2H3,(H2,18,19,20). The maximum Gasteiger partial charge on any atom is 0.154 e. The molecule has 1 heterocycles. The molecule has 152 valence electrons. The summed E-state index contributed by atoms with van der Waals surface area (Å²) in [5.41, 5.74) is 0.938. The number of nitrogens with one attached hydrogen (secondary N) is 2. The lowest BCUT2D eigenvalue weighted by Gasteiger charge is -2.13. The minimum atomic E-state index is -3.35. The second kappa shape index (κ2) is 10.4. The van der Waals surface area contributed by atoms with Gasteiger partial charge in [0, 0.05) is 18.8 Å². The second-order valence-corrected chi connectivity index (χ2v) is 10.6. The number of rotatable bonds is 12. The molecule has 9 nitrogen and oxygen atoms in total. The van der Waals surface area contributed by atoms with Crippen molar-refractivity contribution in [3.63, 3.8) is 0 Å². The van der Waals surface area contributed by atoms with Crippen LogP contribution < -0.4 is 10.6 Å². The third kappa shape index (κ3) is 8.11. The third-order valence-corrected chi connectivity index (χ3v) is 7.16. The van der Waals surface area contributed by atoms with Gasteiger partial charge in [-0.1, -0.05) is 6.92 Å². The van der Waals surface area contributed by atoms with Crippen LogP contribution in [0.3, 0.4) is 0 Å². The van der Waals surface area contributed by atoms with Gasteiger partial charge in [0.15, 0.2) is 19.7 Å². The molecule has 0 saturated carbocycles. The molecule has 0 aromatic carbocycles. The minimum Gasteiger partial charge on any atom is -0.395 e. The molecule has 0 saturated heterocycles. The second-order valence-electron chi connectivity index (χ2n) is 6.04. The highest BCUT2D eigenvalue weighted by Crippen LogP contribution is 2.20. The van der Waals surface area contributed by atoms with Crippen molar-refractivity contribution in [2.24, 2.45) is 0 Å². The molecule has 0 spiro atoms. The van der Waals surface area contributed by atoms with E-state index < -0.39 is 26.3 Å². The van der Waals surface area contributed by atoms with Crippen molar-refractivity contribution in [1.29, 1.82) is 5.26 Å². The lowest BCUT2D eigenvalue weighted by atomic mass is 10.1. The number of pyridine rings is 1. The van der Waals surface area contributed by atoms with E-state index >= 15 is 0 Å². The Morgan fingerprint density at radius 2 is 1.67 bits per heavy atom. The van der Waals surface area contributed by atoms with Gasteiger partial charge in [-0.15, -0.1) is 0 Å². The molecule has 1 aromatic heterocycles. The van der Waals surface area contributed by atoms with Gasteiger partial charge in [0.2, 0.25) is 0 Å². The van der Waals surface area contributed by atoms with Crippen molar-refractivity contribution in [1.82, 2.24) is 4.98 Å². The Hall–Kier alpha value is -1.90. The quantitative estimate of drug-likeness (QED) is 0.436. The molecular weight excluding hydrogens is 392 g/mol. The molecule has 0 unspecified atom stereocenters. The molecule has 1 aromatic rings. The van der Waals surface area contributed by atoms with Crippen LogP contribution >= 0.6 is 0 Å². The van der Waals surface area contributed by atoms with E-state index in [0.29, 0.717) is 23.4 Å². The van der Waals surface area contributed by atoms with Gasteiger partial charge < -0.3 is 15.7 Å². The molecular formula is C16H26N4O5S2. The number of aliphatic hydroxyl groups excluding tert-OH is 1. The zero-order chi connectivity index (χ0) is 20.5. The summed E-state index contributed by atoms with van der Waals surface area (Å²) in [7, 11) is -6.50. The van der Waals surface area contributed by atoms with Crippen LogP contribution in [0.25, 0.3) is 0 Å². The fourth-order valence-electron chi connectivity index (χ4n) is 2.35. The van der Waals surface area contributed by atoms with E-state index in [1.54, 1.807) is 19.9 Å². The van der Waals surface area contributed by atoms with Gasteiger partial charge in [0.25, 0.3) is 0 Å². The summed E-state index contributed by atoms with van der Waals surface area (Å²) in [5, 5.41) is 23.8. The lowest BCUT2D eigenvalue weighted by Crippen LogP contribution is -2.21. The monoisotopic (exact) mass is 418 g/mol. The molecule has 0 aliphatic rings. The van der Waals surface area contributed by atoms with Crippen LogP contribution in [-0.2, 0) is 19.7 Å². The smallest absolute Gasteiger partial charge is 0.154 e. The van der Waals surface area contributed by atoms with Gasteiger partial charge in [-0.3, -0.25) is 0 Å². The first-order chi connectivity index (χ1) is 12.6. The highest BCUT2D eigenvalue weighted by Gasteiger charge is 2.14. The molecule has 3 N–H and O–H groups in total. The molecule has 0 aliphatic heterocycles. The van der Waals surface area contributed by atoms with Crippen LogP contribution in [0.2, 0.25) is 0 Å². The van der Waals surface area contributed by atoms with Crippen LogP contribution in [0, 0.1) is 18.3 Å². The SMILES string of the molecule is CCCS(=O)(=O)CCNc1nc(NCCS(=O)(=O)CCO)cc(C)c1C#N. The van der Waals surface area contributed by atoms with Gasteiger partial charge in [-0.25, -0.2) is 21.8 Å². The first-order valence-electron chi connectivity index (χ1n) is 8.55. The van der Waals surface area contributed by atoms with Crippen molar-refractivity contribution in [2.75, 3.05) is 53.3 Å². The normalized spacial score (nSPS) is 11.8. The molecule has 27 heavy (non-hydrogen) atoms. The van der Waals surface area contributed by atoms with Gasteiger partial charge >= 0.3 is 0 Å². The van der Waals surface area contributed by atoms with Gasteiger partial charge in [-0.05, 0) is 25.0 Å². The molecule has 11 heteroatoms. The van der Waals surface area contributed by atoms with Crippen molar-refractivity contribution < 1.29 is 21.9 Å². The summed E-state index contributed by atoms with van der Waals surface area (Å²) in [6, 6.07) is 3.66. The van der Waals surface area contributed by atoms with E-state index in [1.807, 2.05) is 6.07 Å². The predicted octanol–water partition coefficient (Wildman–Crippen LogP) is 0.317. The summed E-state index contributed by atoms with van der Waals surface area (Å²) in [4.78, 5) is 4.25. The van der Waals surface area contributed by atoms with Crippen molar-refractivity contribution >= 4 is 31.3 Å². The average Bonchev–Trinajstić information content (AvgIpc) is 2.54. The molecule has 1 rings (SSSR count). The Kier molecular flexibility index (Phi) is 8.95. The number of anilines is 2. The molecule has 0 bridgehead atoms. The zero-order valence-electron chi connectivity index (χ0n) is 15.5. The fraction of sp³-hybridized carbons (Fsp3) is 0.625. The molecule has 0 fully saturated rings. The number of aliphatic hydroxyl groups is 1. The van der Waals surface area contributed by atoms with E-state index in [0.717, 1.165) is 0 Å². The number of nitrogens with zero attached hydrogens (tertiary/aromatic N) is 2. The Labute approximate surface area is 160 Å². The topological polar surface area (TPSA) is 149 Å². The highest BCUT2D eigenvalue weighted by molar-refractivity contribution is 7.91. The van der Waals surface area contributed by atoms with Crippen LogP contribution in [0.15, 0.2) is 6.07 Å². The lowest BCUT2D eigenvalue weighted by molar-refractivity contribution is 0.319. The number of aryl methyl sites for hydroxylation is 1. The van der Waals surface area contributed by atoms with E-state index in [4.69, 9.17) is 5.11 Å². The van der Waals surface area contributed by atoms with E-state index in [1.165, 1.54) is 0 Å². The third-order valence-electron chi connectivity index (χ3n) is 3.67. The van der Waals surface area contributed by atoms with E-state index in [9.17, 15) is 22.1 Å². The minimum absolute atomic E-state index is 0.0660. The van der Waals surface area contributed by atoms with Gasteiger partial charge in [-0.2, -0.15) is 5.26 Å². The first kappa shape index (κ1) is 23.1. The highest BCUT2D eigenvalue weighted by atomic mass is 32.2. The average molecular weight is 419 g/mol. The molecule has 0 radical (unpaired) electrons. The summed E-state index contributed by atoms with van der Waals surface area (Å²) in [6.45, 7) is 3.31. The van der Waals surface area contributed by atoms with Crippen LogP contribution in [0.5, 0.6) is 0 Å². The number of hydrogen-bond donors (Lipinski definition) is 3. The van der Waals surface area contributed by atoms with Crippen LogP contribution in [0.1, 0.15) is 24.5 Å². The van der Waals surface area contributed by atoms with Gasteiger partial charge in [0.1, 0.15) is 17.7 Å². The summed E-state index contributed by atoms with van der Waals surface area (Å²) in [6.07, 6.45) is 0.543. The van der Waals surface area contributed by atoms with E-state index in [2.05, 4.69) is 15.6 Å². The summed E-state index contributed by atoms with van der Waals surface area (Å²) < 4.78 is 46.8. The number of hydrogen-bond acceptors (Lipinski definition) is 9. The molecule has 0 atom stereocenters. The Balaban J connectivity index is 2.82. The van der Waals surface area contributed by atoms with Crippen molar-refractivity contribution in [3.05, 3.63) is 17.2 Å². The van der Waals surface area contributed by atoms with Crippen LogP contribution in [-0.4, -0.2) is 69.6 Å². The van der Waals surface area contributed by atoms with Gasteiger partial charge in [0.05, 0.1) is 29.4 Å². The summed E-state index contributed by atoms with van der Waals surface area (Å²) >= 11 is 0.